The Morgan fingerprint density at radius 2 is 1.92 bits per heavy atom. The monoisotopic (exact) mass is 326 g/mol. The molecule has 0 bridgehead atoms. The van der Waals surface area contributed by atoms with Crippen LogP contribution in [0.4, 0.5) is 0 Å². The minimum Gasteiger partial charge on any atom is -0.295 e. The molecule has 0 amide bonds. The number of allylic oxidation sites excluding steroid dienone is 2. The van der Waals surface area contributed by atoms with E-state index in [0.29, 0.717) is 22.5 Å². The zero-order valence-corrected chi connectivity index (χ0v) is 15.8. The van der Waals surface area contributed by atoms with Gasteiger partial charge in [0.15, 0.2) is 5.78 Å². The Hall–Kier alpha value is -0.850. The van der Waals surface area contributed by atoms with E-state index in [1.165, 1.54) is 44.1 Å². The van der Waals surface area contributed by atoms with Gasteiger partial charge in [0.05, 0.1) is 0 Å². The van der Waals surface area contributed by atoms with Gasteiger partial charge < -0.3 is 0 Å². The normalized spacial score (nSPS) is 48.8. The summed E-state index contributed by atoms with van der Waals surface area (Å²) in [6.07, 6.45) is 14.2. The van der Waals surface area contributed by atoms with E-state index in [9.17, 15) is 4.79 Å². The summed E-state index contributed by atoms with van der Waals surface area (Å²) in [5, 5.41) is 0. The Balaban J connectivity index is 1.65. The highest BCUT2D eigenvalue weighted by atomic mass is 16.1. The van der Waals surface area contributed by atoms with Crippen molar-refractivity contribution in [3.63, 3.8) is 0 Å². The van der Waals surface area contributed by atoms with Gasteiger partial charge in [-0.3, -0.25) is 4.79 Å². The summed E-state index contributed by atoms with van der Waals surface area (Å²) in [6, 6.07) is 0. The predicted octanol–water partition coefficient (Wildman–Crippen LogP) is 5.96. The van der Waals surface area contributed by atoms with E-state index in [1.807, 2.05) is 6.08 Å². The second-order valence-corrected chi connectivity index (χ2v) is 9.79. The van der Waals surface area contributed by atoms with E-state index in [1.54, 1.807) is 0 Å². The predicted molar refractivity (Wildman–Crippen MR) is 99.6 cm³/mol. The summed E-state index contributed by atoms with van der Waals surface area (Å²) >= 11 is 0. The fourth-order valence-corrected chi connectivity index (χ4v) is 7.63. The smallest absolute Gasteiger partial charge is 0.155 e. The standard InChI is InChI=1S/C23H34O/c1-5-15(2)19-8-9-20-18-7-6-16-14-17(24)10-12-22(16,3)21(18)11-13-23(19,20)4/h5,14-15,18-21H,1,6-13H2,2-4H3/t15-,18+,19-,20+,21+,22+,23-/m1/s1. The van der Waals surface area contributed by atoms with Gasteiger partial charge in [0.25, 0.3) is 0 Å². The highest BCUT2D eigenvalue weighted by Gasteiger charge is 2.59. The number of rotatable bonds is 2. The van der Waals surface area contributed by atoms with Crippen molar-refractivity contribution in [2.75, 3.05) is 0 Å². The molecule has 1 heteroatoms. The first-order chi connectivity index (χ1) is 11.4. The van der Waals surface area contributed by atoms with Crippen molar-refractivity contribution in [2.45, 2.75) is 72.1 Å². The lowest BCUT2D eigenvalue weighted by atomic mass is 9.46. The average Bonchev–Trinajstić information content (AvgIpc) is 2.92. The van der Waals surface area contributed by atoms with Crippen LogP contribution in [0, 0.1) is 40.4 Å². The molecule has 0 radical (unpaired) electrons. The lowest BCUT2D eigenvalue weighted by Gasteiger charge is -2.58. The molecule has 0 aliphatic heterocycles. The molecular formula is C23H34O. The van der Waals surface area contributed by atoms with Gasteiger partial charge in [0.1, 0.15) is 0 Å². The van der Waals surface area contributed by atoms with E-state index in [0.717, 1.165) is 36.5 Å². The molecule has 0 N–H and O–H groups in total. The number of hydrogen-bond acceptors (Lipinski definition) is 1. The minimum atomic E-state index is 0.320. The molecule has 132 valence electrons. The summed E-state index contributed by atoms with van der Waals surface area (Å²) in [4.78, 5) is 11.9. The molecule has 4 aliphatic rings. The Kier molecular flexibility index (Phi) is 3.86. The van der Waals surface area contributed by atoms with E-state index in [4.69, 9.17) is 0 Å². The topological polar surface area (TPSA) is 17.1 Å². The summed E-state index contributed by atoms with van der Waals surface area (Å²) in [5.41, 5.74) is 2.34. The van der Waals surface area contributed by atoms with E-state index >= 15 is 0 Å². The minimum absolute atomic E-state index is 0.320. The van der Waals surface area contributed by atoms with Gasteiger partial charge in [0, 0.05) is 6.42 Å². The van der Waals surface area contributed by atoms with Gasteiger partial charge in [-0.2, -0.15) is 0 Å². The van der Waals surface area contributed by atoms with Gasteiger partial charge in [-0.1, -0.05) is 32.4 Å². The third kappa shape index (κ3) is 2.15. The molecule has 0 aromatic rings. The number of carbonyl (C=O) groups is 1. The molecule has 4 rings (SSSR count). The van der Waals surface area contributed by atoms with Gasteiger partial charge in [-0.05, 0) is 91.4 Å². The molecule has 0 unspecified atom stereocenters. The molecule has 3 fully saturated rings. The number of hydrogen-bond donors (Lipinski definition) is 0. The maximum atomic E-state index is 11.9. The highest BCUT2D eigenvalue weighted by molar-refractivity contribution is 5.91. The van der Waals surface area contributed by atoms with Crippen molar-refractivity contribution in [3.8, 4) is 0 Å². The Morgan fingerprint density at radius 3 is 2.67 bits per heavy atom. The van der Waals surface area contributed by atoms with E-state index < -0.39 is 0 Å². The van der Waals surface area contributed by atoms with E-state index in [2.05, 4.69) is 33.4 Å². The van der Waals surface area contributed by atoms with Crippen molar-refractivity contribution in [1.29, 1.82) is 0 Å². The van der Waals surface area contributed by atoms with Crippen molar-refractivity contribution in [2.24, 2.45) is 40.4 Å². The number of carbonyl (C=O) groups excluding carboxylic acids is 1. The zero-order chi connectivity index (χ0) is 17.1. The van der Waals surface area contributed by atoms with Crippen LogP contribution >= 0.6 is 0 Å². The SMILES string of the molecule is C=C[C@@H](C)[C@H]1CC[C@H]2[C@@H]3CCC4=CC(=O)CC[C@]4(C)[C@H]3CC[C@]12C. The molecule has 1 nitrogen and oxygen atoms in total. The first-order valence-electron chi connectivity index (χ1n) is 10.3. The van der Waals surface area contributed by atoms with Crippen LogP contribution in [0.1, 0.15) is 72.1 Å². The van der Waals surface area contributed by atoms with Crippen molar-refractivity contribution >= 4 is 5.78 Å². The summed E-state index contributed by atoms with van der Waals surface area (Å²) in [7, 11) is 0. The molecule has 0 aromatic heterocycles. The maximum absolute atomic E-state index is 11.9. The van der Waals surface area contributed by atoms with Crippen molar-refractivity contribution in [1.82, 2.24) is 0 Å². The molecular weight excluding hydrogens is 292 g/mol. The quantitative estimate of drug-likeness (QED) is 0.572. The van der Waals surface area contributed by atoms with Crippen molar-refractivity contribution in [3.05, 3.63) is 24.3 Å². The van der Waals surface area contributed by atoms with Crippen LogP contribution in [0.25, 0.3) is 0 Å². The Labute approximate surface area is 148 Å². The number of fused-ring (bicyclic) bond motifs is 5. The zero-order valence-electron chi connectivity index (χ0n) is 15.8. The fraction of sp³-hybridized carbons (Fsp3) is 0.783. The molecule has 0 spiro atoms. The van der Waals surface area contributed by atoms with Crippen LogP contribution in [0.3, 0.4) is 0 Å². The second kappa shape index (κ2) is 5.58. The highest BCUT2D eigenvalue weighted by Crippen LogP contribution is 2.67. The first-order valence-corrected chi connectivity index (χ1v) is 10.3. The second-order valence-electron chi connectivity index (χ2n) is 9.79. The third-order valence-electron chi connectivity index (χ3n) is 9.04. The molecule has 24 heavy (non-hydrogen) atoms. The van der Waals surface area contributed by atoms with Crippen LogP contribution in [-0.2, 0) is 4.79 Å². The maximum Gasteiger partial charge on any atom is 0.155 e. The van der Waals surface area contributed by atoms with Gasteiger partial charge in [0.2, 0.25) is 0 Å². The van der Waals surface area contributed by atoms with Crippen LogP contribution in [-0.4, -0.2) is 5.78 Å². The van der Waals surface area contributed by atoms with E-state index in [-0.39, 0.29) is 0 Å². The summed E-state index contributed by atoms with van der Waals surface area (Å²) < 4.78 is 0. The summed E-state index contributed by atoms with van der Waals surface area (Å²) in [5.74, 6) is 4.47. The van der Waals surface area contributed by atoms with Gasteiger partial charge >= 0.3 is 0 Å². The van der Waals surface area contributed by atoms with Crippen LogP contribution < -0.4 is 0 Å². The summed E-state index contributed by atoms with van der Waals surface area (Å²) in [6.45, 7) is 11.6. The molecule has 3 saturated carbocycles. The lowest BCUT2D eigenvalue weighted by molar-refractivity contribution is -0.117. The van der Waals surface area contributed by atoms with Crippen LogP contribution in [0.5, 0.6) is 0 Å². The van der Waals surface area contributed by atoms with Crippen LogP contribution in [0.2, 0.25) is 0 Å². The molecule has 0 heterocycles. The van der Waals surface area contributed by atoms with Crippen LogP contribution in [0.15, 0.2) is 24.3 Å². The van der Waals surface area contributed by atoms with Crippen molar-refractivity contribution < 1.29 is 4.79 Å². The Bertz CT molecular complexity index is 587. The molecule has 7 atom stereocenters. The van der Waals surface area contributed by atoms with Gasteiger partial charge in [-0.15, -0.1) is 6.58 Å². The third-order valence-corrected chi connectivity index (χ3v) is 9.04. The fourth-order valence-electron chi connectivity index (χ4n) is 7.63. The number of ketones is 1. The molecule has 0 aromatic carbocycles. The lowest BCUT2D eigenvalue weighted by Crippen LogP contribution is -2.50. The Morgan fingerprint density at radius 1 is 1.12 bits per heavy atom. The molecule has 0 saturated heterocycles. The first kappa shape index (κ1) is 16.6. The average molecular weight is 327 g/mol. The largest absolute Gasteiger partial charge is 0.295 e. The molecule has 4 aliphatic carbocycles. The van der Waals surface area contributed by atoms with Gasteiger partial charge in [-0.25, -0.2) is 0 Å².